The van der Waals surface area contributed by atoms with Crippen LogP contribution in [0.15, 0.2) is 29.8 Å². The van der Waals surface area contributed by atoms with Crippen molar-refractivity contribution in [1.29, 1.82) is 0 Å². The Labute approximate surface area is 101 Å². The fourth-order valence-corrected chi connectivity index (χ4v) is 1.66. The number of allylic oxidation sites excluding steroid dienone is 2. The predicted molar refractivity (Wildman–Crippen MR) is 65.6 cm³/mol. The molecular formula is C14H16O3. The zero-order chi connectivity index (χ0) is 12.3. The first-order valence-electron chi connectivity index (χ1n) is 5.65. The number of ether oxygens (including phenoxy) is 2. The van der Waals surface area contributed by atoms with Gasteiger partial charge in [0.05, 0.1) is 14.2 Å². The zero-order valence-corrected chi connectivity index (χ0v) is 10.2. The van der Waals surface area contributed by atoms with Crippen LogP contribution in [-0.2, 0) is 11.2 Å². The minimum atomic E-state index is 0.146. The van der Waals surface area contributed by atoms with Crippen molar-refractivity contribution in [3.05, 3.63) is 35.4 Å². The molecule has 90 valence electrons. The quantitative estimate of drug-likeness (QED) is 0.732. The summed E-state index contributed by atoms with van der Waals surface area (Å²) in [5, 5.41) is 0. The molecule has 1 fully saturated rings. The van der Waals surface area contributed by atoms with Crippen LogP contribution in [0.3, 0.4) is 0 Å². The van der Waals surface area contributed by atoms with Crippen molar-refractivity contribution in [3.63, 3.8) is 0 Å². The Balaban J connectivity index is 2.13. The molecule has 17 heavy (non-hydrogen) atoms. The van der Waals surface area contributed by atoms with Gasteiger partial charge in [0.2, 0.25) is 0 Å². The molecule has 0 aliphatic heterocycles. The SMILES string of the molecule is COc1cc(CC(=O)C=C2CC2)cc(OC)c1. The minimum absolute atomic E-state index is 0.146. The number of hydrogen-bond donors (Lipinski definition) is 0. The van der Waals surface area contributed by atoms with Gasteiger partial charge in [-0.1, -0.05) is 5.57 Å². The molecule has 0 unspecified atom stereocenters. The van der Waals surface area contributed by atoms with Crippen molar-refractivity contribution < 1.29 is 14.3 Å². The highest BCUT2D eigenvalue weighted by atomic mass is 16.5. The Morgan fingerprint density at radius 1 is 1.18 bits per heavy atom. The van der Waals surface area contributed by atoms with Crippen LogP contribution in [-0.4, -0.2) is 20.0 Å². The second kappa shape index (κ2) is 5.04. The molecule has 1 aromatic rings. The molecule has 0 spiro atoms. The summed E-state index contributed by atoms with van der Waals surface area (Å²) in [7, 11) is 3.21. The molecule has 1 saturated carbocycles. The molecular weight excluding hydrogens is 216 g/mol. The fraction of sp³-hybridized carbons (Fsp3) is 0.357. The van der Waals surface area contributed by atoms with Gasteiger partial charge >= 0.3 is 0 Å². The van der Waals surface area contributed by atoms with Crippen molar-refractivity contribution in [2.24, 2.45) is 0 Å². The van der Waals surface area contributed by atoms with Gasteiger partial charge in [-0.3, -0.25) is 4.79 Å². The van der Waals surface area contributed by atoms with Gasteiger partial charge < -0.3 is 9.47 Å². The Hall–Kier alpha value is -1.77. The number of hydrogen-bond acceptors (Lipinski definition) is 3. The lowest BCUT2D eigenvalue weighted by molar-refractivity contribution is -0.114. The van der Waals surface area contributed by atoms with E-state index in [1.165, 1.54) is 5.57 Å². The molecule has 3 heteroatoms. The summed E-state index contributed by atoms with van der Waals surface area (Å²) in [6.07, 6.45) is 4.31. The molecule has 0 radical (unpaired) electrons. The summed E-state index contributed by atoms with van der Waals surface area (Å²) in [4.78, 5) is 11.7. The van der Waals surface area contributed by atoms with Gasteiger partial charge in [-0.05, 0) is 36.6 Å². The Morgan fingerprint density at radius 3 is 2.24 bits per heavy atom. The van der Waals surface area contributed by atoms with Crippen LogP contribution >= 0.6 is 0 Å². The van der Waals surface area contributed by atoms with E-state index in [0.717, 1.165) is 18.4 Å². The van der Waals surface area contributed by atoms with Gasteiger partial charge in [0, 0.05) is 12.5 Å². The molecule has 1 aliphatic carbocycles. The number of carbonyl (C=O) groups is 1. The lowest BCUT2D eigenvalue weighted by Crippen LogP contribution is -1.99. The van der Waals surface area contributed by atoms with E-state index in [4.69, 9.17) is 9.47 Å². The highest BCUT2D eigenvalue weighted by Crippen LogP contribution is 2.28. The van der Waals surface area contributed by atoms with Crippen LogP contribution in [0, 0.1) is 0 Å². The summed E-state index contributed by atoms with van der Waals surface area (Å²) >= 11 is 0. The van der Waals surface area contributed by atoms with Gasteiger partial charge in [-0.2, -0.15) is 0 Å². The lowest BCUT2D eigenvalue weighted by atomic mass is 10.1. The van der Waals surface area contributed by atoms with Gasteiger partial charge in [0.15, 0.2) is 5.78 Å². The molecule has 0 aromatic heterocycles. The van der Waals surface area contributed by atoms with E-state index in [-0.39, 0.29) is 5.78 Å². The maximum absolute atomic E-state index is 11.7. The van der Waals surface area contributed by atoms with E-state index < -0.39 is 0 Å². The summed E-state index contributed by atoms with van der Waals surface area (Å²) in [5.74, 6) is 1.57. The molecule has 0 saturated heterocycles. The van der Waals surface area contributed by atoms with Gasteiger partial charge in [-0.15, -0.1) is 0 Å². The number of rotatable bonds is 5. The van der Waals surface area contributed by atoms with Crippen molar-refractivity contribution in [1.82, 2.24) is 0 Å². The number of ketones is 1. The van der Waals surface area contributed by atoms with Crippen LogP contribution < -0.4 is 9.47 Å². The van der Waals surface area contributed by atoms with E-state index in [0.29, 0.717) is 17.9 Å². The smallest absolute Gasteiger partial charge is 0.160 e. The van der Waals surface area contributed by atoms with E-state index >= 15 is 0 Å². The summed E-state index contributed by atoms with van der Waals surface area (Å²) < 4.78 is 10.3. The maximum Gasteiger partial charge on any atom is 0.160 e. The third kappa shape index (κ3) is 3.34. The minimum Gasteiger partial charge on any atom is -0.497 e. The Kier molecular flexibility index (Phi) is 3.47. The van der Waals surface area contributed by atoms with E-state index in [1.54, 1.807) is 26.4 Å². The van der Waals surface area contributed by atoms with E-state index in [2.05, 4.69) is 0 Å². The van der Waals surface area contributed by atoms with Crippen LogP contribution in [0.25, 0.3) is 0 Å². The topological polar surface area (TPSA) is 35.5 Å². The highest BCUT2D eigenvalue weighted by molar-refractivity contribution is 5.92. The second-order valence-electron chi connectivity index (χ2n) is 4.17. The Bertz CT molecular complexity index is 432. The third-order valence-corrected chi connectivity index (χ3v) is 2.69. The molecule has 3 nitrogen and oxygen atoms in total. The van der Waals surface area contributed by atoms with E-state index in [1.807, 2.05) is 12.1 Å². The number of carbonyl (C=O) groups excluding carboxylic acids is 1. The number of methoxy groups -OCH3 is 2. The van der Waals surface area contributed by atoms with Crippen molar-refractivity contribution in [2.75, 3.05) is 14.2 Å². The maximum atomic E-state index is 11.7. The van der Waals surface area contributed by atoms with Crippen molar-refractivity contribution >= 4 is 5.78 Å². The monoisotopic (exact) mass is 232 g/mol. The molecule has 0 heterocycles. The van der Waals surface area contributed by atoms with Crippen LogP contribution in [0.2, 0.25) is 0 Å². The zero-order valence-electron chi connectivity index (χ0n) is 10.2. The first-order valence-corrected chi connectivity index (χ1v) is 5.65. The van der Waals surface area contributed by atoms with Crippen molar-refractivity contribution in [3.8, 4) is 11.5 Å². The predicted octanol–water partition coefficient (Wildman–Crippen LogP) is 2.54. The van der Waals surface area contributed by atoms with E-state index in [9.17, 15) is 4.79 Å². The lowest BCUT2D eigenvalue weighted by Gasteiger charge is -2.07. The largest absolute Gasteiger partial charge is 0.497 e. The molecule has 0 atom stereocenters. The highest BCUT2D eigenvalue weighted by Gasteiger charge is 2.13. The summed E-state index contributed by atoms with van der Waals surface area (Å²) in [6.45, 7) is 0. The summed E-state index contributed by atoms with van der Waals surface area (Å²) in [6, 6.07) is 5.53. The second-order valence-corrected chi connectivity index (χ2v) is 4.17. The summed E-state index contributed by atoms with van der Waals surface area (Å²) in [5.41, 5.74) is 2.17. The van der Waals surface area contributed by atoms with Gasteiger partial charge in [0.25, 0.3) is 0 Å². The van der Waals surface area contributed by atoms with Crippen LogP contribution in [0.5, 0.6) is 11.5 Å². The first kappa shape index (κ1) is 11.7. The molecule has 0 N–H and O–H groups in total. The normalized spacial score (nSPS) is 13.2. The first-order chi connectivity index (χ1) is 8.21. The van der Waals surface area contributed by atoms with Gasteiger partial charge in [-0.25, -0.2) is 0 Å². The van der Waals surface area contributed by atoms with Crippen LogP contribution in [0.4, 0.5) is 0 Å². The number of benzene rings is 1. The van der Waals surface area contributed by atoms with Crippen molar-refractivity contribution in [2.45, 2.75) is 19.3 Å². The molecule has 0 amide bonds. The molecule has 1 aromatic carbocycles. The standard InChI is InChI=1S/C14H16O3/c1-16-13-7-11(8-14(9-13)17-2)6-12(15)5-10-3-4-10/h5,7-9H,3-4,6H2,1-2H3. The average Bonchev–Trinajstić information content (AvgIpc) is 3.12. The molecule has 1 aliphatic rings. The fourth-order valence-electron chi connectivity index (χ4n) is 1.66. The van der Waals surface area contributed by atoms with Crippen LogP contribution in [0.1, 0.15) is 18.4 Å². The molecule has 2 rings (SSSR count). The molecule has 0 bridgehead atoms. The third-order valence-electron chi connectivity index (χ3n) is 2.69. The van der Waals surface area contributed by atoms with Gasteiger partial charge in [0.1, 0.15) is 11.5 Å². The Morgan fingerprint density at radius 2 is 1.76 bits per heavy atom. The average molecular weight is 232 g/mol.